The van der Waals surface area contributed by atoms with E-state index in [0.717, 1.165) is 32.1 Å². The molecule has 0 aromatic carbocycles. The molecule has 4 N–H and O–H groups in total. The predicted octanol–water partition coefficient (Wildman–Crippen LogP) is 3.15. The van der Waals surface area contributed by atoms with E-state index >= 15 is 0 Å². The minimum Gasteiger partial charge on any atom is -0.463 e. The average Bonchev–Trinajstić information content (AvgIpc) is 3.50. The van der Waals surface area contributed by atoms with Gasteiger partial charge in [-0.25, -0.2) is 19.1 Å². The van der Waals surface area contributed by atoms with Crippen molar-refractivity contribution in [3.8, 4) is 6.07 Å². The van der Waals surface area contributed by atoms with Crippen molar-refractivity contribution in [1.29, 1.82) is 5.26 Å². The van der Waals surface area contributed by atoms with E-state index in [1.807, 2.05) is 6.07 Å². The zero-order valence-electron chi connectivity index (χ0n) is 26.7. The van der Waals surface area contributed by atoms with Crippen LogP contribution in [0.4, 0.5) is 10.6 Å². The molecule has 5 atom stereocenters. The molecule has 2 aromatic rings. The molecule has 45 heavy (non-hydrogen) atoms. The summed E-state index contributed by atoms with van der Waals surface area (Å²) in [6.45, 7) is 9.83. The van der Waals surface area contributed by atoms with Gasteiger partial charge in [0, 0.05) is 6.42 Å². The quantitative estimate of drug-likeness (QED) is 0.285. The lowest BCUT2D eigenvalue weighted by Crippen LogP contribution is -2.53. The van der Waals surface area contributed by atoms with Gasteiger partial charge in [0.25, 0.3) is 0 Å². The monoisotopic (exact) mass is 628 g/mol. The number of aromatic nitrogens is 3. The molecule has 0 unspecified atom stereocenters. The number of nitrogens with two attached hydrogens (primary N) is 1. The maximum Gasteiger partial charge on any atom is 0.408 e. The van der Waals surface area contributed by atoms with Gasteiger partial charge in [0.2, 0.25) is 5.60 Å². The van der Waals surface area contributed by atoms with Crippen LogP contribution < -0.4 is 11.1 Å². The number of alkyl carbamates (subject to hydrolysis) is 1. The van der Waals surface area contributed by atoms with Crippen molar-refractivity contribution < 1.29 is 38.4 Å². The van der Waals surface area contributed by atoms with Crippen molar-refractivity contribution in [3.63, 3.8) is 0 Å². The highest BCUT2D eigenvalue weighted by Crippen LogP contribution is 2.42. The molecule has 0 radical (unpaired) electrons. The molecule has 4 rings (SSSR count). The number of nitrogens with zero attached hydrogens (tertiary/aromatic N) is 4. The normalized spacial score (nSPS) is 24.9. The fraction of sp³-hybridized carbons (Fsp3) is 0.677. The van der Waals surface area contributed by atoms with Crippen LogP contribution in [0.25, 0.3) is 5.52 Å². The molecular formula is C31H44N6O8. The van der Waals surface area contributed by atoms with E-state index in [4.69, 9.17) is 24.7 Å². The van der Waals surface area contributed by atoms with Gasteiger partial charge in [-0.1, -0.05) is 40.0 Å². The number of amides is 1. The van der Waals surface area contributed by atoms with Crippen LogP contribution in [-0.4, -0.2) is 74.3 Å². The zero-order valence-corrected chi connectivity index (χ0v) is 26.7. The molecule has 246 valence electrons. The molecule has 2 aliphatic rings. The maximum absolute atomic E-state index is 13.7. The summed E-state index contributed by atoms with van der Waals surface area (Å²) in [5, 5.41) is 28.9. The van der Waals surface area contributed by atoms with Crippen molar-refractivity contribution in [1.82, 2.24) is 19.9 Å². The third-order valence-electron chi connectivity index (χ3n) is 8.06. The van der Waals surface area contributed by atoms with Gasteiger partial charge < -0.3 is 35.1 Å². The fourth-order valence-electron chi connectivity index (χ4n) is 5.79. The van der Waals surface area contributed by atoms with E-state index in [9.17, 15) is 24.8 Å². The Morgan fingerprint density at radius 2 is 1.89 bits per heavy atom. The van der Waals surface area contributed by atoms with E-state index in [1.54, 1.807) is 47.6 Å². The average molecular weight is 629 g/mol. The topological polar surface area (TPSA) is 200 Å². The van der Waals surface area contributed by atoms with Crippen molar-refractivity contribution >= 4 is 29.4 Å². The van der Waals surface area contributed by atoms with Gasteiger partial charge in [0.15, 0.2) is 11.9 Å². The highest BCUT2D eigenvalue weighted by molar-refractivity contribution is 5.82. The van der Waals surface area contributed by atoms with Crippen LogP contribution in [0.2, 0.25) is 0 Å². The molecule has 14 nitrogen and oxygen atoms in total. The smallest absolute Gasteiger partial charge is 0.408 e. The molecule has 14 heteroatoms. The second-order valence-corrected chi connectivity index (χ2v) is 13.8. The number of rotatable bonds is 8. The van der Waals surface area contributed by atoms with Crippen LogP contribution in [0.5, 0.6) is 0 Å². The van der Waals surface area contributed by atoms with Gasteiger partial charge in [-0.2, -0.15) is 10.4 Å². The number of nitrogen functional groups attached to an aromatic ring is 1. The summed E-state index contributed by atoms with van der Waals surface area (Å²) in [4.78, 5) is 43.1. The van der Waals surface area contributed by atoms with Gasteiger partial charge in [-0.3, -0.25) is 4.79 Å². The predicted molar refractivity (Wildman–Crippen MR) is 160 cm³/mol. The van der Waals surface area contributed by atoms with Crippen LogP contribution in [0, 0.1) is 22.7 Å². The van der Waals surface area contributed by atoms with E-state index in [2.05, 4.69) is 15.4 Å². The summed E-state index contributed by atoms with van der Waals surface area (Å²) in [5.74, 6) is -1.00. The minimum atomic E-state index is -2.10. The standard InChI is InChI=1S/C31H44N6O8/c1-29(2,3)24(36-28(41)45-30(4,5)6)27(40)43-23-20(15-42-22(38)14-18-10-8-7-9-11-18)44-31(16-32,25(23)39)21-13-12-19-26(33)34-17-35-37(19)21/h12-13,17-18,20,23-25,39H,7-11,14-15H2,1-6H3,(H,36,41)(H2,33,34,35)/t20-,23-,24+,25-,31+/m1/s1. The number of carbonyl (C=O) groups excluding carboxylic acids is 3. The number of esters is 2. The number of anilines is 1. The number of aliphatic hydroxyl groups is 1. The Hall–Kier alpha value is -3.96. The van der Waals surface area contributed by atoms with E-state index in [-0.39, 0.29) is 23.9 Å². The largest absolute Gasteiger partial charge is 0.463 e. The molecule has 1 aliphatic carbocycles. The molecule has 0 bridgehead atoms. The van der Waals surface area contributed by atoms with Gasteiger partial charge >= 0.3 is 18.0 Å². The van der Waals surface area contributed by atoms with E-state index in [0.29, 0.717) is 5.52 Å². The lowest BCUT2D eigenvalue weighted by Gasteiger charge is -2.32. The Balaban J connectivity index is 1.63. The second kappa shape index (κ2) is 13.2. The molecular weight excluding hydrogens is 584 g/mol. The van der Waals surface area contributed by atoms with Gasteiger partial charge in [0.05, 0.1) is 5.69 Å². The van der Waals surface area contributed by atoms with Gasteiger partial charge in [0.1, 0.15) is 48.4 Å². The third kappa shape index (κ3) is 7.65. The lowest BCUT2D eigenvalue weighted by molar-refractivity contribution is -0.164. The van der Waals surface area contributed by atoms with Crippen LogP contribution >= 0.6 is 0 Å². The first-order valence-electron chi connectivity index (χ1n) is 15.3. The number of carbonyl (C=O) groups is 3. The number of hydrogen-bond acceptors (Lipinski definition) is 12. The van der Waals surface area contributed by atoms with Gasteiger partial charge in [-0.05, 0) is 57.1 Å². The highest BCUT2D eigenvalue weighted by atomic mass is 16.6. The number of nitriles is 1. The number of hydrogen-bond donors (Lipinski definition) is 3. The summed E-state index contributed by atoms with van der Waals surface area (Å²) in [6, 6.07) is 3.89. The van der Waals surface area contributed by atoms with Crippen LogP contribution in [-0.2, 0) is 34.1 Å². The molecule has 1 amide bonds. The highest BCUT2D eigenvalue weighted by Gasteiger charge is 2.60. The summed E-state index contributed by atoms with van der Waals surface area (Å²) in [6.07, 6.45) is 1.25. The van der Waals surface area contributed by atoms with Gasteiger partial charge in [-0.15, -0.1) is 0 Å². The van der Waals surface area contributed by atoms with Crippen LogP contribution in [0.3, 0.4) is 0 Å². The molecule has 3 heterocycles. The maximum atomic E-state index is 13.7. The molecule has 2 aromatic heterocycles. The lowest BCUT2D eigenvalue weighted by atomic mass is 9.86. The number of aliphatic hydroxyl groups excluding tert-OH is 1. The molecule has 1 saturated carbocycles. The number of fused-ring (bicyclic) bond motifs is 1. The van der Waals surface area contributed by atoms with E-state index in [1.165, 1.54) is 16.9 Å². The third-order valence-corrected chi connectivity index (χ3v) is 8.06. The summed E-state index contributed by atoms with van der Waals surface area (Å²) < 4.78 is 24.2. The summed E-state index contributed by atoms with van der Waals surface area (Å²) in [7, 11) is 0. The Kier molecular flexibility index (Phi) is 9.94. The SMILES string of the molecule is CC(C)(C)OC(=O)N[C@@H](C(=O)O[C@H]1[C@@H](O)[C@](C#N)(c2ccc3c(N)ncnn23)O[C@@H]1COC(=O)CC1CCCCC1)C(C)(C)C. The summed E-state index contributed by atoms with van der Waals surface area (Å²) in [5.41, 5.74) is 2.69. The summed E-state index contributed by atoms with van der Waals surface area (Å²) >= 11 is 0. The fourth-order valence-corrected chi connectivity index (χ4v) is 5.79. The van der Waals surface area contributed by atoms with E-state index < -0.39 is 65.6 Å². The van der Waals surface area contributed by atoms with Crippen molar-refractivity contribution in [2.45, 2.75) is 116 Å². The zero-order chi connectivity index (χ0) is 33.2. The van der Waals surface area contributed by atoms with Crippen molar-refractivity contribution in [2.75, 3.05) is 12.3 Å². The Morgan fingerprint density at radius 3 is 2.51 bits per heavy atom. The first kappa shape index (κ1) is 33.9. The van der Waals surface area contributed by atoms with Crippen molar-refractivity contribution in [3.05, 3.63) is 24.2 Å². The molecule has 0 spiro atoms. The Morgan fingerprint density at radius 1 is 1.20 bits per heavy atom. The number of nitrogens with one attached hydrogen (secondary N) is 1. The number of ether oxygens (including phenoxy) is 4. The van der Waals surface area contributed by atoms with Crippen LogP contribution in [0.15, 0.2) is 18.5 Å². The Bertz CT molecular complexity index is 1430. The van der Waals surface area contributed by atoms with Crippen molar-refractivity contribution in [2.24, 2.45) is 11.3 Å². The van der Waals surface area contributed by atoms with Crippen LogP contribution in [0.1, 0.15) is 85.8 Å². The molecule has 1 saturated heterocycles. The molecule has 2 fully saturated rings. The first-order valence-corrected chi connectivity index (χ1v) is 15.3. The second-order valence-electron chi connectivity index (χ2n) is 13.8. The first-order chi connectivity index (χ1) is 21.1. The Labute approximate surface area is 262 Å². The molecule has 1 aliphatic heterocycles. The minimum absolute atomic E-state index is 0.109.